The third-order valence-corrected chi connectivity index (χ3v) is 5.58. The van der Waals surface area contributed by atoms with Crippen LogP contribution in [0.25, 0.3) is 10.2 Å². The average molecular weight is 386 g/mol. The molecule has 0 aliphatic carbocycles. The van der Waals surface area contributed by atoms with Gasteiger partial charge in [0.2, 0.25) is 0 Å². The molecular weight excluding hydrogens is 367 g/mol. The van der Waals surface area contributed by atoms with Crippen molar-refractivity contribution in [3.8, 4) is 5.75 Å². The molecule has 1 fully saturated rings. The molecule has 1 unspecified atom stereocenters. The van der Waals surface area contributed by atoms with Crippen LogP contribution >= 0.6 is 11.3 Å². The van der Waals surface area contributed by atoms with E-state index >= 15 is 0 Å². The standard InChI is InChI=1S/C20H19FN2O3S/c1-25-15-5-2-4-13(10-15)19(24)23(12-16-6-3-9-26-16)20-22-17-8-7-14(21)11-18(17)27-20/h2,4-5,7-8,10-11,16H,3,6,9,12H2,1H3. The number of hydrogen-bond acceptors (Lipinski definition) is 5. The Bertz CT molecular complexity index is 969. The fraction of sp³-hybridized carbons (Fsp3) is 0.300. The van der Waals surface area contributed by atoms with Crippen molar-refractivity contribution in [1.82, 2.24) is 4.98 Å². The second-order valence-corrected chi connectivity index (χ2v) is 7.40. The van der Waals surface area contributed by atoms with E-state index in [0.717, 1.165) is 12.8 Å². The van der Waals surface area contributed by atoms with Crippen LogP contribution in [0.15, 0.2) is 42.5 Å². The summed E-state index contributed by atoms with van der Waals surface area (Å²) in [5.74, 6) is 0.121. The normalized spacial score (nSPS) is 16.6. The highest BCUT2D eigenvalue weighted by Crippen LogP contribution is 2.31. The Morgan fingerprint density at radius 2 is 2.26 bits per heavy atom. The van der Waals surface area contributed by atoms with Gasteiger partial charge in [0.15, 0.2) is 5.13 Å². The van der Waals surface area contributed by atoms with Crippen LogP contribution in [0.2, 0.25) is 0 Å². The number of halogens is 1. The minimum atomic E-state index is -0.317. The molecule has 0 bridgehead atoms. The molecular formula is C20H19FN2O3S. The molecule has 0 radical (unpaired) electrons. The first-order valence-electron chi connectivity index (χ1n) is 8.77. The number of carbonyl (C=O) groups excluding carboxylic acids is 1. The first-order chi connectivity index (χ1) is 13.1. The van der Waals surface area contributed by atoms with Gasteiger partial charge in [-0.15, -0.1) is 0 Å². The number of ether oxygens (including phenoxy) is 2. The van der Waals surface area contributed by atoms with Crippen LogP contribution in [0.1, 0.15) is 23.2 Å². The number of carbonyl (C=O) groups is 1. The lowest BCUT2D eigenvalue weighted by molar-refractivity contribution is 0.0917. The zero-order valence-electron chi connectivity index (χ0n) is 14.9. The number of aromatic nitrogens is 1. The van der Waals surface area contributed by atoms with Gasteiger partial charge in [-0.1, -0.05) is 17.4 Å². The second kappa shape index (κ2) is 7.62. The summed E-state index contributed by atoms with van der Waals surface area (Å²) in [5.41, 5.74) is 1.19. The lowest BCUT2D eigenvalue weighted by Crippen LogP contribution is -2.37. The van der Waals surface area contributed by atoms with Crippen molar-refractivity contribution in [1.29, 1.82) is 0 Å². The molecule has 0 spiro atoms. The Morgan fingerprint density at radius 3 is 3.04 bits per heavy atom. The van der Waals surface area contributed by atoms with Crippen molar-refractivity contribution in [2.75, 3.05) is 25.2 Å². The van der Waals surface area contributed by atoms with E-state index in [4.69, 9.17) is 9.47 Å². The molecule has 0 N–H and O–H groups in total. The van der Waals surface area contributed by atoms with Crippen molar-refractivity contribution >= 4 is 32.6 Å². The van der Waals surface area contributed by atoms with Crippen LogP contribution in [0.4, 0.5) is 9.52 Å². The number of nitrogens with zero attached hydrogens (tertiary/aromatic N) is 2. The van der Waals surface area contributed by atoms with Gasteiger partial charge >= 0.3 is 0 Å². The monoisotopic (exact) mass is 386 g/mol. The topological polar surface area (TPSA) is 51.7 Å². The predicted octanol–water partition coefficient (Wildman–Crippen LogP) is 4.27. The molecule has 3 aromatic rings. The van der Waals surface area contributed by atoms with E-state index in [-0.39, 0.29) is 17.8 Å². The van der Waals surface area contributed by atoms with Crippen LogP contribution in [0, 0.1) is 5.82 Å². The fourth-order valence-corrected chi connectivity index (χ4v) is 4.15. The van der Waals surface area contributed by atoms with Crippen LogP contribution in [0.3, 0.4) is 0 Å². The highest BCUT2D eigenvalue weighted by Gasteiger charge is 2.27. The highest BCUT2D eigenvalue weighted by atomic mass is 32.1. The summed E-state index contributed by atoms with van der Waals surface area (Å²) < 4.78 is 25.2. The number of thiazole rings is 1. The SMILES string of the molecule is COc1cccc(C(=O)N(CC2CCCO2)c2nc3ccc(F)cc3s2)c1. The van der Waals surface area contributed by atoms with Gasteiger partial charge in [-0.25, -0.2) is 9.37 Å². The minimum Gasteiger partial charge on any atom is -0.497 e. The van der Waals surface area contributed by atoms with Crippen LogP contribution in [0.5, 0.6) is 5.75 Å². The van der Waals surface area contributed by atoms with Crippen LogP contribution < -0.4 is 9.64 Å². The van der Waals surface area contributed by atoms with Crippen molar-refractivity contribution in [2.24, 2.45) is 0 Å². The number of amides is 1. The Labute approximate surface area is 160 Å². The molecule has 1 saturated heterocycles. The maximum atomic E-state index is 13.5. The Hall–Kier alpha value is -2.51. The van der Waals surface area contributed by atoms with E-state index in [2.05, 4.69) is 4.98 Å². The maximum Gasteiger partial charge on any atom is 0.260 e. The van der Waals surface area contributed by atoms with Gasteiger partial charge in [0.1, 0.15) is 11.6 Å². The molecule has 4 rings (SSSR count). The van der Waals surface area contributed by atoms with Gasteiger partial charge in [0, 0.05) is 12.2 Å². The lowest BCUT2D eigenvalue weighted by Gasteiger charge is -2.23. The Kier molecular flexibility index (Phi) is 5.05. The molecule has 1 aliphatic heterocycles. The average Bonchev–Trinajstić information content (AvgIpc) is 3.34. The van der Waals surface area contributed by atoms with Gasteiger partial charge in [0.05, 0.1) is 30.0 Å². The maximum absolute atomic E-state index is 13.5. The zero-order valence-corrected chi connectivity index (χ0v) is 15.7. The largest absolute Gasteiger partial charge is 0.497 e. The summed E-state index contributed by atoms with van der Waals surface area (Å²) >= 11 is 1.30. The molecule has 2 aromatic carbocycles. The molecule has 7 heteroatoms. The molecule has 2 heterocycles. The smallest absolute Gasteiger partial charge is 0.260 e. The Morgan fingerprint density at radius 1 is 1.37 bits per heavy atom. The molecule has 140 valence electrons. The summed E-state index contributed by atoms with van der Waals surface area (Å²) in [6, 6.07) is 11.5. The van der Waals surface area contributed by atoms with Crippen LogP contribution in [-0.4, -0.2) is 37.3 Å². The minimum absolute atomic E-state index is 0.0247. The van der Waals surface area contributed by atoms with E-state index in [0.29, 0.717) is 39.8 Å². The quantitative estimate of drug-likeness (QED) is 0.657. The molecule has 1 amide bonds. The predicted molar refractivity (Wildman–Crippen MR) is 103 cm³/mol. The van der Waals surface area contributed by atoms with Crippen molar-refractivity contribution in [3.63, 3.8) is 0 Å². The number of anilines is 1. The number of rotatable bonds is 5. The molecule has 5 nitrogen and oxygen atoms in total. The Balaban J connectivity index is 1.71. The van der Waals surface area contributed by atoms with Gasteiger partial charge < -0.3 is 9.47 Å². The molecule has 27 heavy (non-hydrogen) atoms. The fourth-order valence-electron chi connectivity index (χ4n) is 3.15. The van der Waals surface area contributed by atoms with Gasteiger partial charge in [-0.3, -0.25) is 9.69 Å². The van der Waals surface area contributed by atoms with Gasteiger partial charge in [-0.05, 0) is 49.2 Å². The van der Waals surface area contributed by atoms with E-state index in [1.807, 2.05) is 0 Å². The summed E-state index contributed by atoms with van der Waals surface area (Å²) in [7, 11) is 1.57. The molecule has 1 atom stereocenters. The summed E-state index contributed by atoms with van der Waals surface area (Å²) in [6.45, 7) is 1.12. The van der Waals surface area contributed by atoms with Crippen LogP contribution in [-0.2, 0) is 4.74 Å². The highest BCUT2D eigenvalue weighted by molar-refractivity contribution is 7.22. The summed E-state index contributed by atoms with van der Waals surface area (Å²) in [4.78, 5) is 19.4. The second-order valence-electron chi connectivity index (χ2n) is 6.39. The van der Waals surface area contributed by atoms with Gasteiger partial charge in [-0.2, -0.15) is 0 Å². The van der Waals surface area contributed by atoms with Crippen molar-refractivity contribution < 1.29 is 18.7 Å². The van der Waals surface area contributed by atoms with Crippen molar-refractivity contribution in [2.45, 2.75) is 18.9 Å². The van der Waals surface area contributed by atoms with E-state index < -0.39 is 0 Å². The molecule has 1 aromatic heterocycles. The zero-order chi connectivity index (χ0) is 18.8. The third kappa shape index (κ3) is 3.79. The molecule has 0 saturated carbocycles. The number of benzene rings is 2. The van der Waals surface area contributed by atoms with Gasteiger partial charge in [0.25, 0.3) is 5.91 Å². The van der Waals surface area contributed by atoms with E-state index in [9.17, 15) is 9.18 Å². The number of fused-ring (bicyclic) bond motifs is 1. The van der Waals surface area contributed by atoms with E-state index in [1.165, 1.54) is 23.5 Å². The third-order valence-electron chi connectivity index (χ3n) is 4.54. The lowest BCUT2D eigenvalue weighted by atomic mass is 10.1. The van der Waals surface area contributed by atoms with Crippen molar-refractivity contribution in [3.05, 3.63) is 53.8 Å². The van der Waals surface area contributed by atoms with E-state index in [1.54, 1.807) is 42.3 Å². The first-order valence-corrected chi connectivity index (χ1v) is 9.59. The summed E-state index contributed by atoms with van der Waals surface area (Å²) in [6.07, 6.45) is 1.86. The number of hydrogen-bond donors (Lipinski definition) is 0. The number of methoxy groups -OCH3 is 1. The first kappa shape index (κ1) is 17.9. The molecule has 1 aliphatic rings. The summed E-state index contributed by atoms with van der Waals surface area (Å²) in [5, 5.41) is 0.541.